The van der Waals surface area contributed by atoms with E-state index in [1.807, 2.05) is 19.1 Å². The van der Waals surface area contributed by atoms with Crippen LogP contribution in [0.3, 0.4) is 0 Å². The number of nitrogens with zero attached hydrogens (tertiary/aromatic N) is 2. The van der Waals surface area contributed by atoms with Crippen LogP contribution < -0.4 is 20.1 Å². The molecule has 1 aromatic carbocycles. The number of halogens is 3. The molecule has 4 rings (SSSR count). The predicted molar refractivity (Wildman–Crippen MR) is 102 cm³/mol. The van der Waals surface area contributed by atoms with Crippen LogP contribution in [0, 0.1) is 6.92 Å². The molecule has 1 amide bonds. The first-order valence-electron chi connectivity index (χ1n) is 9.82. The molecule has 1 aromatic heterocycles. The van der Waals surface area contributed by atoms with E-state index < -0.39 is 12.7 Å². The molecule has 30 heavy (non-hydrogen) atoms. The Bertz CT molecular complexity index is 905. The zero-order valence-corrected chi connectivity index (χ0v) is 16.5. The third-order valence-corrected chi connectivity index (χ3v) is 5.07. The second-order valence-electron chi connectivity index (χ2n) is 7.67. The number of benzene rings is 1. The molecule has 3 heterocycles. The highest BCUT2D eigenvalue weighted by Crippen LogP contribution is 2.27. The largest absolute Gasteiger partial charge is 0.491 e. The molecule has 2 aromatic rings. The highest BCUT2D eigenvalue weighted by atomic mass is 19.4. The Kier molecular flexibility index (Phi) is 5.59. The first kappa shape index (κ1) is 20.5. The van der Waals surface area contributed by atoms with Gasteiger partial charge in [0.05, 0.1) is 19.1 Å². The van der Waals surface area contributed by atoms with Crippen LogP contribution in [0.25, 0.3) is 0 Å². The van der Waals surface area contributed by atoms with Gasteiger partial charge >= 0.3 is 6.18 Å². The Balaban J connectivity index is 1.27. The number of aromatic nitrogens is 2. The quantitative estimate of drug-likeness (QED) is 0.696. The number of fused-ring (bicyclic) bond motifs is 2. The van der Waals surface area contributed by atoms with Crippen LogP contribution in [-0.4, -0.2) is 53.7 Å². The van der Waals surface area contributed by atoms with Crippen molar-refractivity contribution in [2.75, 3.05) is 19.7 Å². The maximum atomic E-state index is 12.6. The van der Waals surface area contributed by atoms with E-state index in [0.29, 0.717) is 31.9 Å². The number of ether oxygens (including phenoxy) is 2. The molecule has 0 bridgehead atoms. The zero-order valence-electron chi connectivity index (χ0n) is 16.5. The van der Waals surface area contributed by atoms with Crippen molar-refractivity contribution in [3.05, 3.63) is 41.1 Å². The number of nitrogens with one attached hydrogen (secondary N) is 2. The van der Waals surface area contributed by atoms with Crippen molar-refractivity contribution in [1.82, 2.24) is 20.4 Å². The van der Waals surface area contributed by atoms with Gasteiger partial charge in [-0.05, 0) is 37.9 Å². The fraction of sp³-hybridized carbons (Fsp3) is 0.500. The summed E-state index contributed by atoms with van der Waals surface area (Å²) in [5.74, 6) is 0.978. The number of hydrogen-bond acceptors (Lipinski definition) is 5. The molecule has 2 N–H and O–H groups in total. The first-order valence-corrected chi connectivity index (χ1v) is 9.82. The molecular formula is C20H23F3N4O3. The predicted octanol–water partition coefficient (Wildman–Crippen LogP) is 2.23. The van der Waals surface area contributed by atoms with E-state index in [4.69, 9.17) is 9.47 Å². The number of rotatable bonds is 6. The van der Waals surface area contributed by atoms with Crippen LogP contribution >= 0.6 is 0 Å². The van der Waals surface area contributed by atoms with Crippen molar-refractivity contribution in [2.24, 2.45) is 0 Å². The highest BCUT2D eigenvalue weighted by Gasteiger charge is 2.29. The van der Waals surface area contributed by atoms with Crippen molar-refractivity contribution in [3.63, 3.8) is 0 Å². The Morgan fingerprint density at radius 3 is 2.93 bits per heavy atom. The van der Waals surface area contributed by atoms with Crippen molar-refractivity contribution in [2.45, 2.75) is 44.6 Å². The molecule has 7 nitrogen and oxygen atoms in total. The van der Waals surface area contributed by atoms with E-state index in [1.165, 1.54) is 0 Å². The molecule has 2 aliphatic heterocycles. The number of aryl methyl sites for hydroxylation is 1. The van der Waals surface area contributed by atoms with Crippen molar-refractivity contribution >= 4 is 5.91 Å². The standard InChI is InChI=1S/C20H23F3N4O3/c1-12-2-3-17-13(6-12)7-14(10-29-17)25-19(28)16-8-18-27(26-16)9-15(30-18)4-5-24-11-20(21,22)23/h2-3,6,8,14-15,24H,4-5,7,9-11H2,1H3,(H,25,28)/t14-,15?/m1/s1. The lowest BCUT2D eigenvalue weighted by Gasteiger charge is -2.26. The zero-order chi connectivity index (χ0) is 21.3. The van der Waals surface area contributed by atoms with Gasteiger partial charge in [0, 0.05) is 6.07 Å². The van der Waals surface area contributed by atoms with Crippen LogP contribution in [0.5, 0.6) is 11.6 Å². The SMILES string of the molecule is Cc1ccc2c(c1)C[C@@H](NC(=O)c1cc3n(n1)CC(CCNCC(F)(F)F)O3)CO2. The monoisotopic (exact) mass is 424 g/mol. The lowest BCUT2D eigenvalue weighted by molar-refractivity contribution is -0.124. The summed E-state index contributed by atoms with van der Waals surface area (Å²) in [6, 6.07) is 7.38. The minimum Gasteiger partial charge on any atom is -0.491 e. The molecule has 10 heteroatoms. The molecule has 0 aliphatic carbocycles. The lowest BCUT2D eigenvalue weighted by atomic mass is 10.0. The molecule has 0 spiro atoms. The van der Waals surface area contributed by atoms with Gasteiger partial charge in [-0.1, -0.05) is 17.7 Å². The van der Waals surface area contributed by atoms with Crippen molar-refractivity contribution in [1.29, 1.82) is 0 Å². The van der Waals surface area contributed by atoms with Crippen LogP contribution in [-0.2, 0) is 13.0 Å². The topological polar surface area (TPSA) is 77.4 Å². The summed E-state index contributed by atoms with van der Waals surface area (Å²) < 4.78 is 49.4. The Morgan fingerprint density at radius 2 is 2.17 bits per heavy atom. The minimum absolute atomic E-state index is 0.156. The third kappa shape index (κ3) is 4.86. The number of carbonyl (C=O) groups excluding carboxylic acids is 1. The van der Waals surface area contributed by atoms with E-state index in [2.05, 4.69) is 21.8 Å². The maximum Gasteiger partial charge on any atom is 0.401 e. The Morgan fingerprint density at radius 1 is 1.33 bits per heavy atom. The molecular weight excluding hydrogens is 401 g/mol. The fourth-order valence-corrected chi connectivity index (χ4v) is 3.66. The molecule has 0 saturated heterocycles. The Hall–Kier alpha value is -2.75. The first-order chi connectivity index (χ1) is 14.3. The average molecular weight is 424 g/mol. The second kappa shape index (κ2) is 8.17. The van der Waals surface area contributed by atoms with Crippen LogP contribution in [0.1, 0.15) is 28.0 Å². The van der Waals surface area contributed by atoms with Gasteiger partial charge in [-0.25, -0.2) is 4.68 Å². The minimum atomic E-state index is -4.23. The fourth-order valence-electron chi connectivity index (χ4n) is 3.66. The second-order valence-corrected chi connectivity index (χ2v) is 7.67. The van der Waals surface area contributed by atoms with Gasteiger partial charge in [-0.15, -0.1) is 0 Å². The number of carbonyl (C=O) groups is 1. The van der Waals surface area contributed by atoms with E-state index in [0.717, 1.165) is 16.9 Å². The van der Waals surface area contributed by atoms with E-state index in [-0.39, 0.29) is 30.3 Å². The Labute approximate surface area is 171 Å². The molecule has 2 aliphatic rings. The van der Waals surface area contributed by atoms with Gasteiger partial charge in [-0.3, -0.25) is 4.79 Å². The summed E-state index contributed by atoms with van der Waals surface area (Å²) in [6.45, 7) is 1.96. The molecule has 2 atom stereocenters. The van der Waals surface area contributed by atoms with Crippen LogP contribution in [0.2, 0.25) is 0 Å². The van der Waals surface area contributed by atoms with Gasteiger partial charge < -0.3 is 20.1 Å². The third-order valence-electron chi connectivity index (χ3n) is 5.07. The molecule has 1 unspecified atom stereocenters. The summed E-state index contributed by atoms with van der Waals surface area (Å²) >= 11 is 0. The highest BCUT2D eigenvalue weighted by molar-refractivity contribution is 5.92. The van der Waals surface area contributed by atoms with Crippen LogP contribution in [0.4, 0.5) is 13.2 Å². The normalized spacial score (nSPS) is 20.1. The molecule has 0 saturated carbocycles. The van der Waals surface area contributed by atoms with Gasteiger partial charge in [0.2, 0.25) is 5.88 Å². The van der Waals surface area contributed by atoms with Gasteiger partial charge in [0.25, 0.3) is 5.91 Å². The van der Waals surface area contributed by atoms with E-state index in [1.54, 1.807) is 10.7 Å². The molecule has 0 fully saturated rings. The summed E-state index contributed by atoms with van der Waals surface area (Å²) in [5, 5.41) is 9.56. The maximum absolute atomic E-state index is 12.6. The smallest absolute Gasteiger partial charge is 0.401 e. The lowest BCUT2D eigenvalue weighted by Crippen LogP contribution is -2.43. The van der Waals surface area contributed by atoms with Gasteiger partial charge in [0.1, 0.15) is 18.5 Å². The summed E-state index contributed by atoms with van der Waals surface area (Å²) in [7, 11) is 0. The van der Waals surface area contributed by atoms with Crippen molar-refractivity contribution in [3.8, 4) is 11.6 Å². The van der Waals surface area contributed by atoms with E-state index in [9.17, 15) is 18.0 Å². The van der Waals surface area contributed by atoms with E-state index >= 15 is 0 Å². The summed E-state index contributed by atoms with van der Waals surface area (Å²) in [4.78, 5) is 12.6. The van der Waals surface area contributed by atoms with Gasteiger partial charge in [0.15, 0.2) is 5.69 Å². The number of hydrogen-bond donors (Lipinski definition) is 2. The molecule has 0 radical (unpaired) electrons. The number of amides is 1. The van der Waals surface area contributed by atoms with Gasteiger partial charge in [-0.2, -0.15) is 18.3 Å². The van der Waals surface area contributed by atoms with Crippen LogP contribution in [0.15, 0.2) is 24.3 Å². The van der Waals surface area contributed by atoms with Crippen molar-refractivity contribution < 1.29 is 27.4 Å². The summed E-state index contributed by atoms with van der Waals surface area (Å²) in [6.07, 6.45) is -3.40. The number of alkyl halides is 3. The molecule has 162 valence electrons. The average Bonchev–Trinajstić information content (AvgIpc) is 3.23. The summed E-state index contributed by atoms with van der Waals surface area (Å²) in [5.41, 5.74) is 2.44.